The summed E-state index contributed by atoms with van der Waals surface area (Å²) in [7, 11) is 3.53. The van der Waals surface area contributed by atoms with Crippen molar-refractivity contribution in [3.63, 3.8) is 0 Å². The number of nitrogens with zero attached hydrogens (tertiary/aromatic N) is 10. The second kappa shape index (κ2) is 15.0. The Morgan fingerprint density at radius 3 is 2.06 bits per heavy atom. The molecule has 0 aliphatic carbocycles. The highest BCUT2D eigenvalue weighted by molar-refractivity contribution is 6.15. The zero-order valence-corrected chi connectivity index (χ0v) is 35.9. The van der Waals surface area contributed by atoms with Gasteiger partial charge in [-0.2, -0.15) is 14.5 Å². The molecule has 0 radical (unpaired) electrons. The van der Waals surface area contributed by atoms with Crippen LogP contribution in [-0.4, -0.2) is 97.2 Å². The summed E-state index contributed by atoms with van der Waals surface area (Å²) >= 11 is 0. The largest absolute Gasteiger partial charge is 0.443 e. The van der Waals surface area contributed by atoms with Crippen molar-refractivity contribution in [2.75, 3.05) is 60.7 Å². The molecule has 7 N–H and O–H groups in total. The van der Waals surface area contributed by atoms with Crippen molar-refractivity contribution >= 4 is 66.9 Å². The maximum atomic E-state index is 15.5. The highest BCUT2D eigenvalue weighted by Crippen LogP contribution is 2.47. The van der Waals surface area contributed by atoms with E-state index in [0.29, 0.717) is 111 Å². The minimum absolute atomic E-state index is 0.0506. The number of benzene rings is 2. The number of H-pyrrole nitrogens is 2. The number of nitrogens with two attached hydrogens (primary N) is 1. The Morgan fingerprint density at radius 2 is 1.42 bits per heavy atom. The maximum absolute atomic E-state index is 15.5. The van der Waals surface area contributed by atoms with Crippen LogP contribution in [-0.2, 0) is 0 Å². The summed E-state index contributed by atoms with van der Waals surface area (Å²) in [6, 6.07) is 6.28. The molecule has 3 fully saturated rings. The molecule has 0 bridgehead atoms. The monoisotopic (exact) mass is 869 g/mol. The van der Waals surface area contributed by atoms with Gasteiger partial charge >= 0.3 is 12.0 Å². The van der Waals surface area contributed by atoms with E-state index in [1.54, 1.807) is 51.9 Å². The Hall–Kier alpha value is -7.06. The molecule has 64 heavy (non-hydrogen) atoms. The van der Waals surface area contributed by atoms with Crippen LogP contribution in [0, 0.1) is 30.9 Å². The molecule has 4 unspecified atom stereocenters. The fraction of sp³-hybridized carbons (Fsp3) is 0.364. The van der Waals surface area contributed by atoms with Crippen molar-refractivity contribution in [3.05, 3.63) is 72.3 Å². The Morgan fingerprint density at radius 1 is 0.797 bits per heavy atom. The second-order valence-corrected chi connectivity index (χ2v) is 17.3. The number of hydrogen-bond donors (Lipinski definition) is 6. The summed E-state index contributed by atoms with van der Waals surface area (Å²) in [6.45, 7) is 8.29. The molecule has 328 valence electrons. The van der Waals surface area contributed by atoms with Crippen LogP contribution in [0.5, 0.6) is 23.5 Å². The highest BCUT2D eigenvalue weighted by Gasteiger charge is 2.53. The van der Waals surface area contributed by atoms with Crippen LogP contribution in [0.4, 0.5) is 31.8 Å². The number of aryl methyl sites for hydroxylation is 2. The first-order valence-electron chi connectivity index (χ1n) is 21.4. The summed E-state index contributed by atoms with van der Waals surface area (Å²) < 4.78 is 45.6. The number of aromatic amines is 2. The van der Waals surface area contributed by atoms with Gasteiger partial charge in [0.1, 0.15) is 51.8 Å². The number of fused-ring (bicyclic) bond motifs is 7. The molecule has 18 nitrogen and oxygen atoms in total. The van der Waals surface area contributed by atoms with Crippen LogP contribution < -0.4 is 45.5 Å². The third-order valence-electron chi connectivity index (χ3n) is 12.9. The van der Waals surface area contributed by atoms with Crippen LogP contribution in [0.25, 0.3) is 43.9 Å². The number of nitrogens with one attached hydrogen (secondary N) is 5. The zero-order valence-electron chi connectivity index (χ0n) is 35.9. The van der Waals surface area contributed by atoms with E-state index in [0.717, 1.165) is 30.3 Å². The number of hydrogen-bond acceptors (Lipinski definition) is 15. The van der Waals surface area contributed by atoms with Gasteiger partial charge in [-0.05, 0) is 49.9 Å². The zero-order chi connectivity index (χ0) is 44.0. The number of rotatable bonds is 9. The van der Waals surface area contributed by atoms with Gasteiger partial charge in [-0.15, -0.1) is 0 Å². The Kier molecular flexibility index (Phi) is 9.35. The highest BCUT2D eigenvalue weighted by atomic mass is 19.1. The summed E-state index contributed by atoms with van der Waals surface area (Å²) in [6.07, 6.45) is 8.50. The van der Waals surface area contributed by atoms with Gasteiger partial charge in [0.15, 0.2) is 11.5 Å². The lowest BCUT2D eigenvalue weighted by atomic mass is 9.85. The van der Waals surface area contributed by atoms with Crippen molar-refractivity contribution in [3.8, 4) is 23.5 Å². The quantitative estimate of drug-likeness (QED) is 0.0935. The average Bonchev–Trinajstić information content (AvgIpc) is 4.02. The standard InChI is InChI=1S/C44H46F2N16O2/c1-21-50-14-26(15-51-21)63-42-57-38-34(28-9-23(45)11-30(48-4)36(28)55-38)39(58-42)61-19-32-44(3,20-61)13-33(54-32)62-41-35(29-10-24(46)12-31(49-5)37(29)56-41)40(60-8-6-7-25(47)18-60)59-43(62)64-27-16-52-22(2)53-17-27/h9-12,14-17,25,32-33,48-49,54H,6-8,13,18-20,47H2,1-5H3,(H,55,57,58)/p+1. The topological polar surface area (TPSA) is 213 Å². The summed E-state index contributed by atoms with van der Waals surface area (Å²) in [5.41, 5.74) is 10.1. The van der Waals surface area contributed by atoms with Crippen LogP contribution in [0.3, 0.4) is 0 Å². The number of halogens is 2. The van der Waals surface area contributed by atoms with Gasteiger partial charge in [0, 0.05) is 81.0 Å². The van der Waals surface area contributed by atoms with Crippen LogP contribution in [0.2, 0.25) is 0 Å². The molecule has 2 aromatic carbocycles. The number of piperidine rings is 1. The maximum Gasteiger partial charge on any atom is 0.443 e. The summed E-state index contributed by atoms with van der Waals surface area (Å²) in [5.74, 6) is 2.50. The van der Waals surface area contributed by atoms with E-state index in [-0.39, 0.29) is 35.5 Å². The molecule has 8 aromatic rings. The van der Waals surface area contributed by atoms with E-state index in [1.165, 1.54) is 18.2 Å². The Labute approximate surface area is 365 Å². The Balaban J connectivity index is 1.03. The van der Waals surface area contributed by atoms with Crippen molar-refractivity contribution in [1.29, 1.82) is 0 Å². The van der Waals surface area contributed by atoms with E-state index in [9.17, 15) is 0 Å². The average molecular weight is 870 g/mol. The van der Waals surface area contributed by atoms with E-state index in [4.69, 9.17) is 30.2 Å². The lowest BCUT2D eigenvalue weighted by Crippen LogP contribution is -2.50. The fourth-order valence-corrected chi connectivity index (χ4v) is 9.89. The Bertz CT molecular complexity index is 3120. The molecule has 4 atom stereocenters. The van der Waals surface area contributed by atoms with Gasteiger partial charge < -0.3 is 40.6 Å². The van der Waals surface area contributed by atoms with E-state index >= 15 is 8.78 Å². The van der Waals surface area contributed by atoms with Crippen molar-refractivity contribution < 1.29 is 22.8 Å². The molecule has 0 saturated carbocycles. The molecule has 3 saturated heterocycles. The minimum atomic E-state index is -0.390. The van der Waals surface area contributed by atoms with E-state index in [1.807, 2.05) is 11.5 Å². The SMILES string of the molecule is CNc1cc(F)cc2c1[nH]c1nc(Oc3cnc(C)nc3)nc(N3CC4NC([n+]5c(Oc6cnc(C)nc6)nc(N6CCCC(N)C6)c6c7cc(F)cc(NC)c7[nH]c65)CC4(C)C3)c12. The minimum Gasteiger partial charge on any atom is -0.421 e. The van der Waals surface area contributed by atoms with Gasteiger partial charge in [0.05, 0.1) is 47.1 Å². The third kappa shape index (κ3) is 6.66. The molecule has 11 rings (SSSR count). The molecule has 0 amide bonds. The molecular weight excluding hydrogens is 823 g/mol. The predicted octanol–water partition coefficient (Wildman–Crippen LogP) is 5.89. The van der Waals surface area contributed by atoms with Gasteiger partial charge in [0.25, 0.3) is 0 Å². The van der Waals surface area contributed by atoms with E-state index < -0.39 is 5.82 Å². The number of ether oxygens (including phenoxy) is 2. The van der Waals surface area contributed by atoms with E-state index in [2.05, 4.69) is 62.6 Å². The number of anilines is 4. The van der Waals surface area contributed by atoms with Crippen molar-refractivity contribution in [2.24, 2.45) is 11.1 Å². The van der Waals surface area contributed by atoms with Gasteiger partial charge in [-0.25, -0.2) is 28.7 Å². The van der Waals surface area contributed by atoms with Crippen LogP contribution in [0.1, 0.15) is 44.0 Å². The lowest BCUT2D eigenvalue weighted by Gasteiger charge is -2.31. The van der Waals surface area contributed by atoms with Crippen molar-refractivity contribution in [1.82, 2.24) is 50.2 Å². The summed E-state index contributed by atoms with van der Waals surface area (Å²) in [4.78, 5) is 43.9. The molecule has 6 aromatic heterocycles. The third-order valence-corrected chi connectivity index (χ3v) is 12.9. The molecule has 0 spiro atoms. The molecule has 3 aliphatic rings. The van der Waals surface area contributed by atoms with Crippen LogP contribution in [0.15, 0.2) is 49.1 Å². The van der Waals surface area contributed by atoms with Gasteiger partial charge in [-0.1, -0.05) is 6.92 Å². The molecule has 20 heteroatoms. The van der Waals surface area contributed by atoms with Gasteiger partial charge in [0.2, 0.25) is 11.5 Å². The fourth-order valence-electron chi connectivity index (χ4n) is 9.89. The first-order valence-corrected chi connectivity index (χ1v) is 21.4. The first-order chi connectivity index (χ1) is 30.9. The van der Waals surface area contributed by atoms with Gasteiger partial charge in [-0.3, -0.25) is 10.3 Å². The second-order valence-electron chi connectivity index (χ2n) is 17.3. The van der Waals surface area contributed by atoms with Crippen LogP contribution >= 0.6 is 0 Å². The normalized spacial score (nSPS) is 21.1. The van der Waals surface area contributed by atoms with Crippen molar-refractivity contribution in [2.45, 2.75) is 58.3 Å². The first kappa shape index (κ1) is 39.8. The predicted molar refractivity (Wildman–Crippen MR) is 238 cm³/mol. The smallest absolute Gasteiger partial charge is 0.421 e. The summed E-state index contributed by atoms with van der Waals surface area (Å²) in [5, 5.41) is 13.0. The molecule has 9 heterocycles. The number of aromatic nitrogens is 10. The molecular formula is C44H47F2N16O2+. The lowest BCUT2D eigenvalue weighted by molar-refractivity contribution is -0.710. The molecule has 3 aliphatic heterocycles.